The van der Waals surface area contributed by atoms with E-state index in [-0.39, 0.29) is 21.6 Å². The Bertz CT molecular complexity index is 1050. The molecule has 0 aliphatic carbocycles. The van der Waals surface area contributed by atoms with Crippen LogP contribution >= 0.6 is 23.8 Å². The molecule has 0 atom stereocenters. The quantitative estimate of drug-likeness (QED) is 0.542. The Kier molecular flexibility index (Phi) is 5.12. The van der Waals surface area contributed by atoms with Crippen molar-refractivity contribution in [2.75, 3.05) is 5.32 Å². The highest BCUT2D eigenvalue weighted by Gasteiger charge is 2.31. The van der Waals surface area contributed by atoms with Gasteiger partial charge in [0.15, 0.2) is 10.9 Å². The molecule has 1 amide bonds. The Balaban J connectivity index is 1.77. The van der Waals surface area contributed by atoms with Crippen LogP contribution in [0.5, 0.6) is 0 Å². The van der Waals surface area contributed by atoms with E-state index in [1.165, 1.54) is 0 Å². The third-order valence-corrected chi connectivity index (χ3v) is 4.35. The van der Waals surface area contributed by atoms with E-state index in [1.54, 1.807) is 19.1 Å². The lowest BCUT2D eigenvalue weighted by Gasteiger charge is -2.13. The van der Waals surface area contributed by atoms with E-state index in [4.69, 9.17) is 28.2 Å². The molecule has 0 bridgehead atoms. The average molecular weight is 413 g/mol. The molecular formula is C18H12ClF3N2O2S. The summed E-state index contributed by atoms with van der Waals surface area (Å²) in [7, 11) is 0. The third kappa shape index (κ3) is 4.06. The van der Waals surface area contributed by atoms with Crippen molar-refractivity contribution in [1.29, 1.82) is 0 Å². The largest absolute Gasteiger partial charge is 0.451 e. The molecule has 0 unspecified atom stereocenters. The van der Waals surface area contributed by atoms with Crippen molar-refractivity contribution in [3.8, 4) is 0 Å². The van der Waals surface area contributed by atoms with Crippen molar-refractivity contribution in [3.63, 3.8) is 0 Å². The molecule has 0 aliphatic heterocycles. The molecule has 4 nitrogen and oxygen atoms in total. The van der Waals surface area contributed by atoms with Gasteiger partial charge in [0.2, 0.25) is 0 Å². The smallest absolute Gasteiger partial charge is 0.416 e. The molecule has 3 rings (SSSR count). The Morgan fingerprint density at radius 1 is 1.19 bits per heavy atom. The summed E-state index contributed by atoms with van der Waals surface area (Å²) in [6.07, 6.45) is -4.53. The van der Waals surface area contributed by atoms with Gasteiger partial charge in [0.05, 0.1) is 16.3 Å². The SMILES string of the molecule is Cc1c(C(=O)NC(=S)Nc2cc(C(F)(F)F)ccc2Cl)oc2ccccc12. The highest BCUT2D eigenvalue weighted by molar-refractivity contribution is 7.80. The van der Waals surface area contributed by atoms with E-state index in [9.17, 15) is 18.0 Å². The van der Waals surface area contributed by atoms with E-state index in [0.717, 1.165) is 23.6 Å². The number of furan rings is 1. The molecule has 0 spiro atoms. The number of aryl methyl sites for hydroxylation is 1. The molecule has 9 heteroatoms. The number of para-hydroxylation sites is 1. The van der Waals surface area contributed by atoms with Gasteiger partial charge in [-0.2, -0.15) is 13.2 Å². The summed E-state index contributed by atoms with van der Waals surface area (Å²) in [5, 5.41) is 5.48. The average Bonchev–Trinajstić information content (AvgIpc) is 2.93. The maximum atomic E-state index is 12.8. The fourth-order valence-corrected chi connectivity index (χ4v) is 2.87. The van der Waals surface area contributed by atoms with Crippen molar-refractivity contribution in [2.24, 2.45) is 0 Å². The second-order valence-electron chi connectivity index (χ2n) is 5.65. The summed E-state index contributed by atoms with van der Waals surface area (Å²) in [6, 6.07) is 9.88. The molecule has 3 aromatic rings. The van der Waals surface area contributed by atoms with Gasteiger partial charge in [0.1, 0.15) is 5.58 Å². The molecule has 1 aromatic heterocycles. The van der Waals surface area contributed by atoms with Gasteiger partial charge in [0.25, 0.3) is 5.91 Å². The monoisotopic (exact) mass is 412 g/mol. The first kappa shape index (κ1) is 19.2. The third-order valence-electron chi connectivity index (χ3n) is 3.82. The van der Waals surface area contributed by atoms with Crippen molar-refractivity contribution in [3.05, 3.63) is 64.4 Å². The standard InChI is InChI=1S/C18H12ClF3N2O2S/c1-9-11-4-2-3-5-14(11)26-15(9)16(25)24-17(27)23-13-8-10(18(20,21)22)6-7-12(13)19/h2-8H,1H3,(H2,23,24,25,27). The molecule has 2 aromatic carbocycles. The lowest BCUT2D eigenvalue weighted by molar-refractivity contribution is -0.137. The molecule has 0 saturated heterocycles. The normalized spacial score (nSPS) is 11.4. The Hall–Kier alpha value is -2.58. The number of alkyl halides is 3. The van der Waals surface area contributed by atoms with E-state index in [2.05, 4.69) is 10.6 Å². The fraction of sp³-hybridized carbons (Fsp3) is 0.111. The number of hydrogen-bond donors (Lipinski definition) is 2. The molecule has 1 heterocycles. The van der Waals surface area contributed by atoms with Crippen molar-refractivity contribution < 1.29 is 22.4 Å². The predicted octanol–water partition coefficient (Wildman–Crippen LogP) is 5.54. The maximum Gasteiger partial charge on any atom is 0.416 e. The summed E-state index contributed by atoms with van der Waals surface area (Å²) in [4.78, 5) is 12.4. The maximum absolute atomic E-state index is 12.8. The van der Waals surface area contributed by atoms with Crippen LogP contribution in [0.25, 0.3) is 11.0 Å². The summed E-state index contributed by atoms with van der Waals surface area (Å²) in [5.74, 6) is -0.556. The van der Waals surface area contributed by atoms with Gasteiger partial charge >= 0.3 is 6.18 Å². The highest BCUT2D eigenvalue weighted by atomic mass is 35.5. The minimum Gasteiger partial charge on any atom is -0.451 e. The number of halogens is 4. The fourth-order valence-electron chi connectivity index (χ4n) is 2.50. The molecular weight excluding hydrogens is 401 g/mol. The highest BCUT2D eigenvalue weighted by Crippen LogP contribution is 2.33. The van der Waals surface area contributed by atoms with Crippen molar-refractivity contribution in [1.82, 2.24) is 5.32 Å². The van der Waals surface area contributed by atoms with E-state index in [0.29, 0.717) is 11.1 Å². The van der Waals surface area contributed by atoms with Crippen LogP contribution in [0.1, 0.15) is 21.7 Å². The van der Waals surface area contributed by atoms with Crippen LogP contribution in [0, 0.1) is 6.92 Å². The minimum atomic E-state index is -4.53. The van der Waals surface area contributed by atoms with Crippen LogP contribution in [-0.4, -0.2) is 11.0 Å². The summed E-state index contributed by atoms with van der Waals surface area (Å²) >= 11 is 10.9. The number of amides is 1. The number of nitrogens with one attached hydrogen (secondary N) is 2. The van der Waals surface area contributed by atoms with Crippen LogP contribution in [0.4, 0.5) is 18.9 Å². The zero-order chi connectivity index (χ0) is 19.8. The molecule has 140 valence electrons. The second kappa shape index (κ2) is 7.21. The molecule has 0 saturated carbocycles. The van der Waals surface area contributed by atoms with Crippen LogP contribution in [0.15, 0.2) is 46.9 Å². The van der Waals surface area contributed by atoms with Crippen molar-refractivity contribution in [2.45, 2.75) is 13.1 Å². The van der Waals surface area contributed by atoms with Crippen LogP contribution < -0.4 is 10.6 Å². The minimum absolute atomic E-state index is 0.0273. The number of thiocarbonyl (C=S) groups is 1. The summed E-state index contributed by atoms with van der Waals surface area (Å²) in [6.45, 7) is 1.72. The first-order valence-corrected chi connectivity index (χ1v) is 8.42. The Morgan fingerprint density at radius 2 is 1.89 bits per heavy atom. The van der Waals surface area contributed by atoms with Crippen LogP contribution in [0.3, 0.4) is 0 Å². The van der Waals surface area contributed by atoms with E-state index < -0.39 is 17.6 Å². The number of carbonyl (C=O) groups is 1. The Labute approximate surface area is 162 Å². The number of rotatable bonds is 2. The van der Waals surface area contributed by atoms with Crippen LogP contribution in [-0.2, 0) is 6.18 Å². The Morgan fingerprint density at radius 3 is 2.56 bits per heavy atom. The van der Waals surface area contributed by atoms with E-state index >= 15 is 0 Å². The zero-order valence-corrected chi connectivity index (χ0v) is 15.4. The van der Waals surface area contributed by atoms with Gasteiger partial charge in [-0.3, -0.25) is 10.1 Å². The topological polar surface area (TPSA) is 54.3 Å². The van der Waals surface area contributed by atoms with Gasteiger partial charge in [-0.25, -0.2) is 0 Å². The molecule has 0 radical (unpaired) electrons. The first-order valence-electron chi connectivity index (χ1n) is 7.64. The van der Waals surface area contributed by atoms with Crippen LogP contribution in [0.2, 0.25) is 5.02 Å². The molecule has 27 heavy (non-hydrogen) atoms. The number of carbonyl (C=O) groups excluding carboxylic acids is 1. The number of benzene rings is 2. The summed E-state index contributed by atoms with van der Waals surface area (Å²) in [5.41, 5.74) is 0.206. The van der Waals surface area contributed by atoms with Gasteiger partial charge < -0.3 is 9.73 Å². The predicted molar refractivity (Wildman–Crippen MR) is 101 cm³/mol. The van der Waals surface area contributed by atoms with Gasteiger partial charge in [-0.05, 0) is 43.4 Å². The number of anilines is 1. The first-order chi connectivity index (χ1) is 12.7. The van der Waals surface area contributed by atoms with Crippen molar-refractivity contribution >= 4 is 51.5 Å². The molecule has 0 fully saturated rings. The summed E-state index contributed by atoms with van der Waals surface area (Å²) < 4.78 is 44.0. The lowest BCUT2D eigenvalue weighted by Crippen LogP contribution is -2.34. The van der Waals surface area contributed by atoms with Gasteiger partial charge in [-0.1, -0.05) is 29.8 Å². The number of fused-ring (bicyclic) bond motifs is 1. The molecule has 0 aliphatic rings. The van der Waals surface area contributed by atoms with Gasteiger partial charge in [0, 0.05) is 10.9 Å². The van der Waals surface area contributed by atoms with E-state index in [1.807, 2.05) is 12.1 Å². The van der Waals surface area contributed by atoms with Gasteiger partial charge in [-0.15, -0.1) is 0 Å². The second-order valence-corrected chi connectivity index (χ2v) is 6.47. The lowest BCUT2D eigenvalue weighted by atomic mass is 10.1. The molecule has 2 N–H and O–H groups in total. The zero-order valence-electron chi connectivity index (χ0n) is 13.8. The number of hydrogen-bond acceptors (Lipinski definition) is 3.